The van der Waals surface area contributed by atoms with Crippen LogP contribution in [0, 0.1) is 12.7 Å². The number of hydrogen-bond donors (Lipinski definition) is 1. The molecule has 1 aliphatic heterocycles. The Morgan fingerprint density at radius 1 is 1.18 bits per heavy atom. The highest BCUT2D eigenvalue weighted by atomic mass is 19.1. The van der Waals surface area contributed by atoms with Gasteiger partial charge in [0, 0.05) is 11.8 Å². The molecule has 1 saturated heterocycles. The molecule has 0 unspecified atom stereocenters. The van der Waals surface area contributed by atoms with Crippen molar-refractivity contribution >= 4 is 23.6 Å². The van der Waals surface area contributed by atoms with Gasteiger partial charge in [-0.25, -0.2) is 14.4 Å². The van der Waals surface area contributed by atoms with Crippen molar-refractivity contribution < 1.29 is 23.5 Å². The van der Waals surface area contributed by atoms with Crippen LogP contribution in [0.4, 0.5) is 15.9 Å². The van der Waals surface area contributed by atoms with Crippen LogP contribution in [0.1, 0.15) is 28.5 Å². The van der Waals surface area contributed by atoms with Crippen LogP contribution in [0.25, 0.3) is 0 Å². The summed E-state index contributed by atoms with van der Waals surface area (Å²) in [5.41, 5.74) is 3.04. The molecule has 8 nitrogen and oxygen atoms in total. The Morgan fingerprint density at radius 3 is 2.61 bits per heavy atom. The molecule has 33 heavy (non-hydrogen) atoms. The minimum Gasteiger partial charge on any atom is -0.486 e. The molecule has 4 rings (SSSR count). The Balaban J connectivity index is 0.000000968. The number of halogens is 1. The molecule has 0 atom stereocenters. The standard InChI is InChI=1S/C23H23FN4O2.CO2/c1-3-16-5-4-6-18(9-16)27-23(29)20-11-26-22(12-25-20)28-13-19(14-28)30-21-10-17(24)8-7-15(21)2;2-1-3/h4-12,19H,3,13-14H2,1-2H3,(H,27,29);. The molecule has 0 aliphatic carbocycles. The second kappa shape index (κ2) is 11.0. The van der Waals surface area contributed by atoms with Crippen molar-refractivity contribution in [2.24, 2.45) is 0 Å². The summed E-state index contributed by atoms with van der Waals surface area (Å²) in [7, 11) is 0. The highest BCUT2D eigenvalue weighted by Gasteiger charge is 2.30. The number of carbonyl (C=O) groups is 1. The summed E-state index contributed by atoms with van der Waals surface area (Å²) in [5, 5.41) is 2.85. The summed E-state index contributed by atoms with van der Waals surface area (Å²) in [5.74, 6) is 0.627. The number of hydrogen-bond acceptors (Lipinski definition) is 7. The quantitative estimate of drug-likeness (QED) is 0.614. The number of ether oxygens (including phenoxy) is 1. The molecule has 0 bridgehead atoms. The van der Waals surface area contributed by atoms with E-state index in [1.54, 1.807) is 12.3 Å². The van der Waals surface area contributed by atoms with E-state index in [4.69, 9.17) is 14.3 Å². The number of nitrogens with one attached hydrogen (secondary N) is 1. The zero-order chi connectivity index (χ0) is 23.8. The van der Waals surface area contributed by atoms with Crippen LogP contribution in [0.3, 0.4) is 0 Å². The molecule has 1 fully saturated rings. The molecule has 3 aromatic rings. The molecule has 1 N–H and O–H groups in total. The van der Waals surface area contributed by atoms with Gasteiger partial charge in [0.2, 0.25) is 0 Å². The van der Waals surface area contributed by atoms with Crippen LogP contribution in [0.15, 0.2) is 54.9 Å². The molecule has 0 radical (unpaired) electrons. The normalized spacial score (nSPS) is 12.6. The molecule has 0 spiro atoms. The maximum atomic E-state index is 13.4. The van der Waals surface area contributed by atoms with E-state index >= 15 is 0 Å². The molecule has 2 aromatic carbocycles. The second-order valence-corrected chi connectivity index (χ2v) is 7.41. The first kappa shape index (κ1) is 23.6. The predicted molar refractivity (Wildman–Crippen MR) is 119 cm³/mol. The number of amides is 1. The Hall–Kier alpha value is -4.10. The Morgan fingerprint density at radius 2 is 1.94 bits per heavy atom. The van der Waals surface area contributed by atoms with Crippen LogP contribution in [0.2, 0.25) is 0 Å². The zero-order valence-electron chi connectivity index (χ0n) is 18.2. The van der Waals surface area contributed by atoms with E-state index in [0.29, 0.717) is 24.7 Å². The van der Waals surface area contributed by atoms with Gasteiger partial charge >= 0.3 is 6.15 Å². The number of nitrogens with zero attached hydrogens (tertiary/aromatic N) is 3. The molecular weight excluding hydrogens is 427 g/mol. The van der Waals surface area contributed by atoms with Gasteiger partial charge in [0.05, 0.1) is 25.5 Å². The van der Waals surface area contributed by atoms with Crippen molar-refractivity contribution in [2.45, 2.75) is 26.4 Å². The molecule has 1 aromatic heterocycles. The van der Waals surface area contributed by atoms with Gasteiger partial charge in [-0.3, -0.25) is 4.79 Å². The van der Waals surface area contributed by atoms with E-state index in [-0.39, 0.29) is 29.7 Å². The van der Waals surface area contributed by atoms with Crippen LogP contribution in [-0.2, 0) is 16.0 Å². The average molecular weight is 450 g/mol. The minimum atomic E-state index is -0.312. The summed E-state index contributed by atoms with van der Waals surface area (Å²) in [4.78, 5) is 39.3. The van der Waals surface area contributed by atoms with Gasteiger partial charge in [-0.2, -0.15) is 9.59 Å². The van der Waals surface area contributed by atoms with Gasteiger partial charge in [-0.05, 0) is 42.7 Å². The molecule has 1 amide bonds. The molecule has 2 heterocycles. The number of aromatic nitrogens is 2. The van der Waals surface area contributed by atoms with Crippen LogP contribution in [-0.4, -0.2) is 41.2 Å². The smallest absolute Gasteiger partial charge is 0.373 e. The number of carbonyl (C=O) groups excluding carboxylic acids is 3. The van der Waals surface area contributed by atoms with Crippen molar-refractivity contribution in [3.8, 4) is 5.75 Å². The van der Waals surface area contributed by atoms with Crippen molar-refractivity contribution in [1.29, 1.82) is 0 Å². The predicted octanol–water partition coefficient (Wildman–Crippen LogP) is 3.42. The number of benzene rings is 2. The van der Waals surface area contributed by atoms with Crippen LogP contribution in [0.5, 0.6) is 5.75 Å². The van der Waals surface area contributed by atoms with Gasteiger partial charge in [0.25, 0.3) is 5.91 Å². The highest BCUT2D eigenvalue weighted by molar-refractivity contribution is 6.02. The molecule has 1 aliphatic rings. The largest absolute Gasteiger partial charge is 0.486 e. The summed E-state index contributed by atoms with van der Waals surface area (Å²) in [6, 6.07) is 12.2. The summed E-state index contributed by atoms with van der Waals surface area (Å²) in [6.07, 6.45) is 4.17. The fourth-order valence-electron chi connectivity index (χ4n) is 3.25. The highest BCUT2D eigenvalue weighted by Crippen LogP contribution is 2.25. The van der Waals surface area contributed by atoms with Gasteiger partial charge in [-0.15, -0.1) is 0 Å². The first-order valence-electron chi connectivity index (χ1n) is 10.3. The summed E-state index contributed by atoms with van der Waals surface area (Å²) < 4.78 is 19.3. The minimum absolute atomic E-state index is 0.0406. The maximum absolute atomic E-state index is 13.4. The van der Waals surface area contributed by atoms with Gasteiger partial charge in [0.15, 0.2) is 0 Å². The lowest BCUT2D eigenvalue weighted by molar-refractivity contribution is -0.191. The lowest BCUT2D eigenvalue weighted by atomic mass is 10.1. The van der Waals surface area contributed by atoms with Gasteiger partial charge in [-0.1, -0.05) is 25.1 Å². The summed E-state index contributed by atoms with van der Waals surface area (Å²) >= 11 is 0. The average Bonchev–Trinajstić information content (AvgIpc) is 2.79. The number of anilines is 2. The third kappa shape index (κ3) is 6.21. The van der Waals surface area contributed by atoms with Crippen molar-refractivity contribution in [3.05, 3.63) is 77.5 Å². The number of rotatable bonds is 6. The topological polar surface area (TPSA) is 101 Å². The van der Waals surface area contributed by atoms with E-state index in [1.807, 2.05) is 36.1 Å². The first-order chi connectivity index (χ1) is 15.9. The van der Waals surface area contributed by atoms with E-state index in [1.165, 1.54) is 18.3 Å². The first-order valence-corrected chi connectivity index (χ1v) is 10.3. The Kier molecular flexibility index (Phi) is 7.83. The van der Waals surface area contributed by atoms with Crippen LogP contribution < -0.4 is 15.0 Å². The van der Waals surface area contributed by atoms with E-state index in [0.717, 1.165) is 23.2 Å². The number of aryl methyl sites for hydroxylation is 2. The monoisotopic (exact) mass is 450 g/mol. The van der Waals surface area contributed by atoms with Crippen molar-refractivity contribution in [2.75, 3.05) is 23.3 Å². The molecule has 9 heteroatoms. The lowest BCUT2D eigenvalue weighted by Gasteiger charge is -2.39. The zero-order valence-corrected chi connectivity index (χ0v) is 18.2. The SMILES string of the molecule is CCc1cccc(NC(=O)c2cnc(N3CC(Oc4cc(F)ccc4C)C3)cn2)c1.O=C=O. The maximum Gasteiger partial charge on any atom is 0.373 e. The van der Waals surface area contributed by atoms with E-state index in [2.05, 4.69) is 22.2 Å². The Labute approximate surface area is 190 Å². The Bertz CT molecular complexity index is 1140. The third-order valence-corrected chi connectivity index (χ3v) is 5.08. The molecule has 170 valence electrons. The van der Waals surface area contributed by atoms with E-state index < -0.39 is 0 Å². The van der Waals surface area contributed by atoms with E-state index in [9.17, 15) is 9.18 Å². The van der Waals surface area contributed by atoms with Crippen molar-refractivity contribution in [1.82, 2.24) is 9.97 Å². The fourth-order valence-corrected chi connectivity index (χ4v) is 3.25. The van der Waals surface area contributed by atoms with Crippen molar-refractivity contribution in [3.63, 3.8) is 0 Å². The fraction of sp³-hybridized carbons (Fsp3) is 0.250. The van der Waals surface area contributed by atoms with Gasteiger partial charge < -0.3 is 15.0 Å². The van der Waals surface area contributed by atoms with Crippen LogP contribution >= 0.6 is 0 Å². The lowest BCUT2D eigenvalue weighted by Crippen LogP contribution is -2.54. The summed E-state index contributed by atoms with van der Waals surface area (Å²) in [6.45, 7) is 5.20. The molecular formula is C24H23FN4O4. The third-order valence-electron chi connectivity index (χ3n) is 5.08. The second-order valence-electron chi connectivity index (χ2n) is 7.41. The van der Waals surface area contributed by atoms with Gasteiger partial charge in [0.1, 0.15) is 29.2 Å². The molecule has 0 saturated carbocycles.